The summed E-state index contributed by atoms with van der Waals surface area (Å²) in [6.45, 7) is 3.54. The van der Waals surface area contributed by atoms with Crippen LogP contribution in [0.5, 0.6) is 5.75 Å². The van der Waals surface area contributed by atoms with Gasteiger partial charge in [-0.1, -0.05) is 0 Å². The van der Waals surface area contributed by atoms with Gasteiger partial charge in [-0.15, -0.1) is 0 Å². The number of rotatable bonds is 7. The molecule has 2 aromatic carbocycles. The maximum Gasteiger partial charge on any atom is 0.264 e. The maximum absolute atomic E-state index is 13.8. The Bertz CT molecular complexity index is 909. The van der Waals surface area contributed by atoms with E-state index in [1.807, 2.05) is 0 Å². The lowest BCUT2D eigenvalue weighted by Gasteiger charge is -2.26. The third-order valence-electron chi connectivity index (χ3n) is 3.68. The quantitative estimate of drug-likeness (QED) is 0.497. The van der Waals surface area contributed by atoms with Crippen LogP contribution in [0.25, 0.3) is 0 Å². The van der Waals surface area contributed by atoms with Crippen LogP contribution >= 0.6 is 10.7 Å². The van der Waals surface area contributed by atoms with Crippen LogP contribution in [0.1, 0.15) is 37.0 Å². The Kier molecular flexibility index (Phi) is 6.03. The van der Waals surface area contributed by atoms with Gasteiger partial charge in [0.1, 0.15) is 27.9 Å². The highest BCUT2D eigenvalue weighted by Gasteiger charge is 2.23. The minimum absolute atomic E-state index is 0.0455. The first kappa shape index (κ1) is 20.3. The number of halogens is 3. The molecule has 0 heterocycles. The molecule has 0 aliphatic rings. The molecular weight excluding hydrogens is 386 g/mol. The first-order valence-electron chi connectivity index (χ1n) is 7.70. The van der Waals surface area contributed by atoms with Crippen molar-refractivity contribution in [3.05, 3.63) is 59.7 Å². The first-order chi connectivity index (χ1) is 12.0. The zero-order valence-electron chi connectivity index (χ0n) is 14.1. The van der Waals surface area contributed by atoms with Crippen LogP contribution in [0.3, 0.4) is 0 Å². The van der Waals surface area contributed by atoms with E-state index in [4.69, 9.17) is 15.4 Å². The lowest BCUT2D eigenvalue weighted by molar-refractivity contribution is 0.0810. The van der Waals surface area contributed by atoms with E-state index < -0.39 is 25.4 Å². The number of hydrogen-bond donors (Lipinski definition) is 0. The molecule has 2 rings (SSSR count). The molecule has 0 N–H and O–H groups in total. The highest BCUT2D eigenvalue weighted by molar-refractivity contribution is 8.13. The van der Waals surface area contributed by atoms with Gasteiger partial charge in [0, 0.05) is 22.7 Å². The van der Waals surface area contributed by atoms with Crippen LogP contribution in [0.15, 0.2) is 47.4 Å². The molecule has 26 heavy (non-hydrogen) atoms. The van der Waals surface area contributed by atoms with Crippen molar-refractivity contribution in [1.29, 1.82) is 0 Å². The molecule has 0 saturated heterocycles. The highest BCUT2D eigenvalue weighted by atomic mass is 35.7. The molecule has 0 atom stereocenters. The van der Waals surface area contributed by atoms with E-state index in [1.54, 1.807) is 13.8 Å². The fraction of sp³-hybridized carbons (Fsp3) is 0.278. The van der Waals surface area contributed by atoms with Gasteiger partial charge < -0.3 is 4.74 Å². The molecule has 0 aromatic heterocycles. The van der Waals surface area contributed by atoms with Crippen molar-refractivity contribution in [2.24, 2.45) is 0 Å². The van der Waals surface area contributed by atoms with Crippen molar-refractivity contribution in [3.8, 4) is 5.75 Å². The minimum atomic E-state index is -4.21. The molecule has 0 radical (unpaired) electrons. The predicted octanol–water partition coefficient (Wildman–Crippen LogP) is 4.71. The van der Waals surface area contributed by atoms with Crippen molar-refractivity contribution in [2.75, 3.05) is 0 Å². The van der Waals surface area contributed by atoms with E-state index in [1.165, 1.54) is 30.3 Å². The average molecular weight is 403 g/mol. The van der Waals surface area contributed by atoms with Gasteiger partial charge in [-0.2, -0.15) is 0 Å². The lowest BCUT2D eigenvalue weighted by Crippen LogP contribution is -2.29. The van der Waals surface area contributed by atoms with E-state index in [-0.39, 0.29) is 23.6 Å². The summed E-state index contributed by atoms with van der Waals surface area (Å²) < 4.78 is 54.9. The number of Topliss-reactive ketones (excluding diaryl/α,β-unsaturated/α-hetero) is 1. The van der Waals surface area contributed by atoms with Gasteiger partial charge in [0.05, 0.1) is 0 Å². The number of ketones is 1. The van der Waals surface area contributed by atoms with Crippen LogP contribution < -0.4 is 4.74 Å². The van der Waals surface area contributed by atoms with Gasteiger partial charge in [-0.3, -0.25) is 4.79 Å². The Morgan fingerprint density at radius 2 is 1.73 bits per heavy atom. The number of carbonyl (C=O) groups excluding carboxylic acids is 1. The standard InChI is InChI=1S/C18H17ClF2O4S/c1-18(2,25-14-6-4-13(20)5-7-14)10-9-16(22)12-3-8-17(15(21)11-12)26(19,23)24/h3-8,11H,9-10H2,1-2H3. The molecule has 0 saturated carbocycles. The zero-order chi connectivity index (χ0) is 19.5. The van der Waals surface area contributed by atoms with Gasteiger partial charge >= 0.3 is 0 Å². The smallest absolute Gasteiger partial charge is 0.264 e. The Hall–Kier alpha value is -1.99. The summed E-state index contributed by atoms with van der Waals surface area (Å²) in [4.78, 5) is 11.6. The molecule has 0 bridgehead atoms. The number of benzene rings is 2. The largest absolute Gasteiger partial charge is 0.488 e. The van der Waals surface area contributed by atoms with Gasteiger partial charge in [0.25, 0.3) is 9.05 Å². The predicted molar refractivity (Wildman–Crippen MR) is 94.1 cm³/mol. The van der Waals surface area contributed by atoms with Gasteiger partial charge in [-0.05, 0) is 62.7 Å². The van der Waals surface area contributed by atoms with Crippen molar-refractivity contribution in [3.63, 3.8) is 0 Å². The van der Waals surface area contributed by atoms with E-state index in [9.17, 15) is 22.0 Å². The Morgan fingerprint density at radius 1 is 1.12 bits per heavy atom. The van der Waals surface area contributed by atoms with Crippen molar-refractivity contribution in [1.82, 2.24) is 0 Å². The van der Waals surface area contributed by atoms with E-state index in [0.29, 0.717) is 12.2 Å². The molecule has 0 aliphatic carbocycles. The van der Waals surface area contributed by atoms with E-state index in [2.05, 4.69) is 0 Å². The molecular formula is C18H17ClF2O4S. The Morgan fingerprint density at radius 3 is 2.27 bits per heavy atom. The summed E-state index contributed by atoms with van der Waals surface area (Å²) in [5.74, 6) is -1.35. The zero-order valence-corrected chi connectivity index (χ0v) is 15.7. The molecule has 0 unspecified atom stereocenters. The monoisotopic (exact) mass is 402 g/mol. The lowest BCUT2D eigenvalue weighted by atomic mass is 9.97. The summed E-state index contributed by atoms with van der Waals surface area (Å²) in [6.07, 6.45) is 0.376. The molecule has 0 fully saturated rings. The van der Waals surface area contributed by atoms with Gasteiger partial charge in [0.15, 0.2) is 5.78 Å². The fourth-order valence-electron chi connectivity index (χ4n) is 2.30. The summed E-state index contributed by atoms with van der Waals surface area (Å²) in [5.41, 5.74) is -0.671. The third kappa shape index (κ3) is 5.51. The summed E-state index contributed by atoms with van der Waals surface area (Å²) in [6, 6.07) is 8.54. The fourth-order valence-corrected chi connectivity index (χ4v) is 3.20. The maximum atomic E-state index is 13.8. The Labute approximate surface area is 155 Å². The second kappa shape index (κ2) is 7.72. The molecule has 8 heteroatoms. The second-order valence-electron chi connectivity index (χ2n) is 6.32. The molecule has 0 spiro atoms. The number of hydrogen-bond acceptors (Lipinski definition) is 4. The molecule has 4 nitrogen and oxygen atoms in total. The third-order valence-corrected chi connectivity index (χ3v) is 5.03. The van der Waals surface area contributed by atoms with Crippen LogP contribution in [-0.4, -0.2) is 19.8 Å². The van der Waals surface area contributed by atoms with Crippen LogP contribution in [0.4, 0.5) is 8.78 Å². The summed E-state index contributed by atoms with van der Waals surface area (Å²) in [7, 11) is 0.901. The molecule has 0 aliphatic heterocycles. The molecule has 2 aromatic rings. The first-order valence-corrected chi connectivity index (χ1v) is 10.0. The summed E-state index contributed by atoms with van der Waals surface area (Å²) in [5, 5.41) is 0. The van der Waals surface area contributed by atoms with Crippen molar-refractivity contribution >= 4 is 25.5 Å². The van der Waals surface area contributed by atoms with Crippen molar-refractivity contribution < 1.29 is 26.7 Å². The number of carbonyl (C=O) groups is 1. The van der Waals surface area contributed by atoms with Crippen molar-refractivity contribution in [2.45, 2.75) is 37.2 Å². The molecule has 0 amide bonds. The van der Waals surface area contributed by atoms with Crippen LogP contribution in [0.2, 0.25) is 0 Å². The second-order valence-corrected chi connectivity index (χ2v) is 8.86. The van der Waals surface area contributed by atoms with Crippen LogP contribution in [0, 0.1) is 11.6 Å². The van der Waals surface area contributed by atoms with E-state index in [0.717, 1.165) is 12.1 Å². The number of ether oxygens (including phenoxy) is 1. The molecule has 140 valence electrons. The van der Waals surface area contributed by atoms with Crippen LogP contribution in [-0.2, 0) is 9.05 Å². The topological polar surface area (TPSA) is 60.4 Å². The van der Waals surface area contributed by atoms with E-state index >= 15 is 0 Å². The van der Waals surface area contributed by atoms with Gasteiger partial charge in [0.2, 0.25) is 0 Å². The average Bonchev–Trinajstić information content (AvgIpc) is 2.53. The SMILES string of the molecule is CC(C)(CCC(=O)c1ccc(S(=O)(=O)Cl)c(F)c1)Oc1ccc(F)cc1. The Balaban J connectivity index is 2.03. The summed E-state index contributed by atoms with van der Waals surface area (Å²) >= 11 is 0. The van der Waals surface area contributed by atoms with Gasteiger partial charge in [-0.25, -0.2) is 17.2 Å². The minimum Gasteiger partial charge on any atom is -0.488 e. The highest BCUT2D eigenvalue weighted by Crippen LogP contribution is 2.25. The normalized spacial score (nSPS) is 12.0.